The van der Waals surface area contributed by atoms with Crippen LogP contribution in [0.5, 0.6) is 0 Å². The van der Waals surface area contributed by atoms with Crippen LogP contribution >= 0.6 is 22.7 Å². The van der Waals surface area contributed by atoms with E-state index < -0.39 is 0 Å². The van der Waals surface area contributed by atoms with E-state index in [0.717, 1.165) is 54.3 Å². The van der Waals surface area contributed by atoms with Crippen LogP contribution in [0.25, 0.3) is 53.5 Å². The molecule has 3 nitrogen and oxygen atoms in total. The number of benzene rings is 3. The molecule has 0 unspecified atom stereocenters. The Hall–Kier alpha value is -3.15. The number of ketones is 1. The molecule has 6 aromatic rings. The van der Waals surface area contributed by atoms with Gasteiger partial charge in [0.05, 0.1) is 10.2 Å². The number of carbonyl (C=O) groups is 1. The standard InChI is InChI=1S/C33H30NS2.C15H28O2.Ir/c1-20(2)14-25-17-24-16-22(10-11-31(24)36-25)27-19-30(34-29-12-13-35-32(27)29)23-15-21-8-6-7-9-26(21)28(18-23)33(3,4)5;1-7-14(5,8-2)12(16)11-13(17)15(6,9-3)10-4;/h6-13,16-20H,14H2,1-5H3;11,16H,7-10H2,1-6H3;/q-1;;/b;12-11-;. The summed E-state index contributed by atoms with van der Waals surface area (Å²) in [6.07, 6.45) is 5.89. The van der Waals surface area contributed by atoms with Crippen LogP contribution < -0.4 is 0 Å². The first-order chi connectivity index (χ1) is 25.0. The number of hydrogen-bond donors (Lipinski definition) is 1. The number of rotatable bonds is 11. The average Bonchev–Trinajstić information content (AvgIpc) is 3.79. The Bertz CT molecular complexity index is 2240. The van der Waals surface area contributed by atoms with Gasteiger partial charge in [0.15, 0.2) is 5.78 Å². The predicted octanol–water partition coefficient (Wildman–Crippen LogP) is 14.9. The number of pyridine rings is 1. The number of nitrogens with zero attached hydrogens (tertiary/aromatic N) is 1. The van der Waals surface area contributed by atoms with Gasteiger partial charge in [0, 0.05) is 52.3 Å². The van der Waals surface area contributed by atoms with Crippen LogP contribution in [0.1, 0.15) is 112 Å². The molecular weight excluding hydrogens is 879 g/mol. The summed E-state index contributed by atoms with van der Waals surface area (Å²) in [5.74, 6) is 0.955. The van der Waals surface area contributed by atoms with Gasteiger partial charge in [-0.3, -0.25) is 9.78 Å². The van der Waals surface area contributed by atoms with E-state index in [1.54, 1.807) is 11.3 Å². The van der Waals surface area contributed by atoms with Crippen molar-refractivity contribution >= 4 is 59.5 Å². The number of thiophene rings is 2. The first-order valence-corrected chi connectivity index (χ1v) is 21.1. The molecule has 0 atom stereocenters. The molecule has 6 rings (SSSR count). The van der Waals surface area contributed by atoms with Crippen LogP contribution in [0, 0.1) is 22.8 Å². The summed E-state index contributed by atoms with van der Waals surface area (Å²) in [5, 5.41) is 16.0. The molecule has 0 saturated heterocycles. The predicted molar refractivity (Wildman–Crippen MR) is 233 cm³/mol. The van der Waals surface area contributed by atoms with E-state index in [-0.39, 0.29) is 47.9 Å². The van der Waals surface area contributed by atoms with E-state index in [9.17, 15) is 9.90 Å². The van der Waals surface area contributed by atoms with Crippen LogP contribution in [0.4, 0.5) is 0 Å². The summed E-state index contributed by atoms with van der Waals surface area (Å²) < 4.78 is 2.61. The third kappa shape index (κ3) is 9.44. The van der Waals surface area contributed by atoms with E-state index in [4.69, 9.17) is 4.98 Å². The largest absolute Gasteiger partial charge is 0.512 e. The van der Waals surface area contributed by atoms with Gasteiger partial charge in [-0.1, -0.05) is 117 Å². The van der Waals surface area contributed by atoms with Gasteiger partial charge in [0.1, 0.15) is 5.76 Å². The maximum atomic E-state index is 12.2. The number of hydrogen-bond acceptors (Lipinski definition) is 5. The topological polar surface area (TPSA) is 50.2 Å². The van der Waals surface area contributed by atoms with Gasteiger partial charge in [0.2, 0.25) is 0 Å². The summed E-state index contributed by atoms with van der Waals surface area (Å²) in [6, 6.07) is 28.3. The molecule has 3 heterocycles. The van der Waals surface area contributed by atoms with E-state index in [0.29, 0.717) is 5.92 Å². The second-order valence-electron chi connectivity index (χ2n) is 16.6. The van der Waals surface area contributed by atoms with Crippen molar-refractivity contribution in [3.8, 4) is 22.4 Å². The van der Waals surface area contributed by atoms with Gasteiger partial charge in [-0.2, -0.15) is 0 Å². The molecule has 289 valence electrons. The first kappa shape index (κ1) is 43.6. The number of fused-ring (bicyclic) bond motifs is 3. The second-order valence-corrected chi connectivity index (χ2v) is 18.7. The summed E-state index contributed by atoms with van der Waals surface area (Å²) in [4.78, 5) is 18.7. The van der Waals surface area contributed by atoms with Crippen molar-refractivity contribution in [3.63, 3.8) is 0 Å². The molecule has 1 radical (unpaired) electrons. The maximum absolute atomic E-state index is 12.2. The fourth-order valence-corrected chi connectivity index (χ4v) is 8.88. The summed E-state index contributed by atoms with van der Waals surface area (Å²) in [6.45, 7) is 23.5. The molecule has 0 saturated carbocycles. The van der Waals surface area contributed by atoms with Crippen LogP contribution in [0.2, 0.25) is 0 Å². The summed E-state index contributed by atoms with van der Waals surface area (Å²) >= 11 is 3.70. The fourth-order valence-electron chi connectivity index (χ4n) is 6.75. The van der Waals surface area contributed by atoms with Gasteiger partial charge in [-0.15, -0.1) is 51.8 Å². The maximum Gasteiger partial charge on any atom is 0.164 e. The number of aliphatic hydroxyl groups is 1. The Labute approximate surface area is 345 Å². The zero-order valence-corrected chi connectivity index (χ0v) is 38.1. The monoisotopic (exact) mass is 937 g/mol. The SMILES string of the molecule is CC(C)Cc1cc2cc(-c3cc(-c4[c-]c5ccccc5c(C(C)(C)C)c4)nc4ccsc34)ccc2s1.CCC(C)(CC)C(=O)/C=C(\O)C(C)(CC)CC.[Ir]. The molecule has 0 fully saturated rings. The van der Waals surface area contributed by atoms with Gasteiger partial charge < -0.3 is 5.11 Å². The van der Waals surface area contributed by atoms with E-state index in [1.165, 1.54) is 47.8 Å². The van der Waals surface area contributed by atoms with Crippen molar-refractivity contribution in [2.75, 3.05) is 0 Å². The molecule has 0 spiro atoms. The first-order valence-electron chi connectivity index (χ1n) is 19.4. The smallest absolute Gasteiger partial charge is 0.164 e. The van der Waals surface area contributed by atoms with Crippen molar-refractivity contribution < 1.29 is 30.0 Å². The minimum absolute atomic E-state index is 0. The number of aliphatic hydroxyl groups excluding tert-OH is 1. The van der Waals surface area contributed by atoms with Crippen molar-refractivity contribution in [2.45, 2.75) is 114 Å². The van der Waals surface area contributed by atoms with Crippen LogP contribution in [-0.4, -0.2) is 15.9 Å². The molecule has 6 heteroatoms. The van der Waals surface area contributed by atoms with Gasteiger partial charge in [-0.05, 0) is 89.6 Å². The number of aromatic nitrogens is 1. The van der Waals surface area contributed by atoms with Gasteiger partial charge in [-0.25, -0.2) is 0 Å². The molecule has 3 aromatic heterocycles. The van der Waals surface area contributed by atoms with Crippen molar-refractivity contribution in [1.29, 1.82) is 0 Å². The Balaban J connectivity index is 0.000000309. The van der Waals surface area contributed by atoms with Crippen LogP contribution in [0.3, 0.4) is 0 Å². The van der Waals surface area contributed by atoms with E-state index in [1.807, 2.05) is 52.9 Å². The zero-order chi connectivity index (χ0) is 38.7. The molecule has 1 N–H and O–H groups in total. The third-order valence-corrected chi connectivity index (χ3v) is 13.4. The molecule has 0 aliphatic heterocycles. The molecule has 0 bridgehead atoms. The van der Waals surface area contributed by atoms with E-state index in [2.05, 4.69) is 113 Å². The molecular formula is C48H58IrNO2S2-. The van der Waals surface area contributed by atoms with Crippen molar-refractivity contribution in [3.05, 3.63) is 100 Å². The minimum atomic E-state index is -0.337. The zero-order valence-electron chi connectivity index (χ0n) is 34.1. The van der Waals surface area contributed by atoms with Gasteiger partial charge >= 0.3 is 0 Å². The van der Waals surface area contributed by atoms with Gasteiger partial charge in [0.25, 0.3) is 0 Å². The number of allylic oxidation sites excluding steroid dienone is 2. The number of carbonyl (C=O) groups excluding carboxylic acids is 1. The Kier molecular flexibility index (Phi) is 14.3. The average molecular weight is 937 g/mol. The Morgan fingerprint density at radius 2 is 1.54 bits per heavy atom. The van der Waals surface area contributed by atoms with E-state index >= 15 is 0 Å². The second kappa shape index (κ2) is 17.8. The molecule has 0 aliphatic rings. The summed E-state index contributed by atoms with van der Waals surface area (Å²) in [5.41, 5.74) is 6.36. The molecule has 54 heavy (non-hydrogen) atoms. The van der Waals surface area contributed by atoms with Crippen LogP contribution in [0.15, 0.2) is 83.9 Å². The normalized spacial score (nSPS) is 12.6. The van der Waals surface area contributed by atoms with Crippen molar-refractivity contribution in [1.82, 2.24) is 4.98 Å². The quantitative estimate of drug-likeness (QED) is 0.0800. The Morgan fingerprint density at radius 3 is 2.17 bits per heavy atom. The molecule has 0 aliphatic carbocycles. The molecule has 0 amide bonds. The van der Waals surface area contributed by atoms with Crippen LogP contribution in [-0.2, 0) is 36.7 Å². The third-order valence-electron chi connectivity index (χ3n) is 11.4. The Morgan fingerprint density at radius 1 is 0.870 bits per heavy atom. The van der Waals surface area contributed by atoms with Crippen molar-refractivity contribution in [2.24, 2.45) is 16.7 Å². The molecule has 3 aromatic carbocycles. The summed E-state index contributed by atoms with van der Waals surface area (Å²) in [7, 11) is 0. The fraction of sp³-hybridized carbons (Fsp3) is 0.417. The minimum Gasteiger partial charge on any atom is -0.512 e.